The number of thioether (sulfide) groups is 1. The first-order valence-corrected chi connectivity index (χ1v) is 13.5. The highest BCUT2D eigenvalue weighted by Gasteiger charge is 2.35. The van der Waals surface area contributed by atoms with Gasteiger partial charge in [-0.3, -0.25) is 9.59 Å². The minimum Gasteiger partial charge on any atom is -0.339 e. The van der Waals surface area contributed by atoms with E-state index in [0.29, 0.717) is 41.3 Å². The molecule has 0 N–H and O–H groups in total. The number of piperazine rings is 1. The number of halogens is 2. The molecule has 2 aromatic rings. The first-order chi connectivity index (χ1) is 17.5. The maximum atomic E-state index is 13.6. The average Bonchev–Trinajstić information content (AvgIpc) is 3.28. The van der Waals surface area contributed by atoms with Crippen molar-refractivity contribution in [2.24, 2.45) is 5.92 Å². The number of carbonyl (C=O) groups excluding carboxylic acids is 2. The first-order valence-electron chi connectivity index (χ1n) is 11.9. The van der Waals surface area contributed by atoms with Gasteiger partial charge in [-0.15, -0.1) is 0 Å². The summed E-state index contributed by atoms with van der Waals surface area (Å²) in [6.45, 7) is 1.81. The van der Waals surface area contributed by atoms with Gasteiger partial charge in [-0.2, -0.15) is 5.26 Å². The van der Waals surface area contributed by atoms with Crippen LogP contribution in [0.1, 0.15) is 24.8 Å². The van der Waals surface area contributed by atoms with Gasteiger partial charge < -0.3 is 14.7 Å². The van der Waals surface area contributed by atoms with Gasteiger partial charge in [0.1, 0.15) is 16.7 Å². The van der Waals surface area contributed by atoms with Gasteiger partial charge in [0, 0.05) is 53.2 Å². The van der Waals surface area contributed by atoms with E-state index in [9.17, 15) is 14.9 Å². The number of carbonyl (C=O) groups is 2. The number of hydrogen-bond donors (Lipinski definition) is 0. The molecule has 6 nitrogen and oxygen atoms in total. The lowest BCUT2D eigenvalue weighted by Crippen LogP contribution is -2.53. The van der Waals surface area contributed by atoms with Gasteiger partial charge >= 0.3 is 0 Å². The SMILES string of the molecule is N#C/C(C(=O)N1CCN(C(=O)C2CCC2)CC1)=C1/SC=C(c2ccc(Cl)cc2)N1c1cccc(Cl)c1. The Morgan fingerprint density at radius 1 is 0.944 bits per heavy atom. The van der Waals surface area contributed by atoms with Crippen molar-refractivity contribution in [3.05, 3.63) is 80.1 Å². The number of benzene rings is 2. The zero-order valence-corrected chi connectivity index (χ0v) is 21.8. The molecule has 1 saturated carbocycles. The summed E-state index contributed by atoms with van der Waals surface area (Å²) in [5.74, 6) is 0.0126. The molecule has 184 valence electrons. The summed E-state index contributed by atoms with van der Waals surface area (Å²) in [6.07, 6.45) is 3.03. The van der Waals surface area contributed by atoms with Crippen molar-refractivity contribution in [3.63, 3.8) is 0 Å². The monoisotopic (exact) mass is 538 g/mol. The second kappa shape index (κ2) is 10.6. The molecule has 9 heteroatoms. The molecule has 0 spiro atoms. The number of nitriles is 1. The van der Waals surface area contributed by atoms with Gasteiger partial charge in [0.15, 0.2) is 0 Å². The fourth-order valence-corrected chi connectivity index (χ4v) is 5.91. The molecule has 2 amide bonds. The van der Waals surface area contributed by atoms with Crippen LogP contribution in [0.15, 0.2) is 64.5 Å². The predicted molar refractivity (Wildman–Crippen MR) is 144 cm³/mol. The number of amides is 2. The van der Waals surface area contributed by atoms with E-state index in [2.05, 4.69) is 6.07 Å². The largest absolute Gasteiger partial charge is 0.339 e. The molecule has 0 radical (unpaired) electrons. The van der Waals surface area contributed by atoms with Crippen LogP contribution in [0, 0.1) is 17.2 Å². The van der Waals surface area contributed by atoms with E-state index in [1.165, 1.54) is 11.8 Å². The second-order valence-electron chi connectivity index (χ2n) is 8.98. The maximum absolute atomic E-state index is 13.6. The Bertz CT molecular complexity index is 1290. The Labute approximate surface area is 224 Å². The van der Waals surface area contributed by atoms with E-state index in [1.807, 2.05) is 45.5 Å². The van der Waals surface area contributed by atoms with Crippen LogP contribution in [0.4, 0.5) is 5.69 Å². The summed E-state index contributed by atoms with van der Waals surface area (Å²) in [4.78, 5) is 31.6. The summed E-state index contributed by atoms with van der Waals surface area (Å²) >= 11 is 13.7. The molecular weight excluding hydrogens is 515 g/mol. The van der Waals surface area contributed by atoms with Gasteiger partial charge in [0.05, 0.1) is 5.70 Å². The Balaban J connectivity index is 1.43. The van der Waals surface area contributed by atoms with Crippen LogP contribution >= 0.6 is 35.0 Å². The molecule has 3 aliphatic rings. The summed E-state index contributed by atoms with van der Waals surface area (Å²) in [5, 5.41) is 13.8. The molecule has 1 saturated heterocycles. The topological polar surface area (TPSA) is 67.6 Å². The molecule has 0 bridgehead atoms. The average molecular weight is 539 g/mol. The molecule has 36 heavy (non-hydrogen) atoms. The molecule has 5 rings (SSSR count). The number of hydrogen-bond acceptors (Lipinski definition) is 5. The summed E-state index contributed by atoms with van der Waals surface area (Å²) in [7, 11) is 0. The van der Waals surface area contributed by atoms with Crippen LogP contribution in [-0.4, -0.2) is 47.8 Å². The van der Waals surface area contributed by atoms with Gasteiger partial charge in [-0.05, 0) is 48.7 Å². The Hall–Kier alpha value is -2.92. The fraction of sp³-hybridized carbons (Fsp3) is 0.296. The van der Waals surface area contributed by atoms with E-state index in [1.54, 1.807) is 23.1 Å². The quantitative estimate of drug-likeness (QED) is 0.366. The molecule has 2 fully saturated rings. The Morgan fingerprint density at radius 3 is 2.25 bits per heavy atom. The van der Waals surface area contributed by atoms with E-state index in [-0.39, 0.29) is 23.3 Å². The fourth-order valence-electron chi connectivity index (χ4n) is 4.58. The van der Waals surface area contributed by atoms with Crippen molar-refractivity contribution < 1.29 is 9.59 Å². The normalized spacial score (nSPS) is 19.5. The lowest BCUT2D eigenvalue weighted by atomic mass is 9.84. The minimum absolute atomic E-state index is 0.0685. The van der Waals surface area contributed by atoms with Crippen LogP contribution in [0.2, 0.25) is 10.0 Å². The lowest BCUT2D eigenvalue weighted by Gasteiger charge is -2.38. The second-order valence-corrected chi connectivity index (χ2v) is 10.7. The lowest BCUT2D eigenvalue weighted by molar-refractivity contribution is -0.142. The third kappa shape index (κ3) is 4.86. The summed E-state index contributed by atoms with van der Waals surface area (Å²) in [5.41, 5.74) is 2.54. The van der Waals surface area contributed by atoms with Gasteiger partial charge in [0.25, 0.3) is 5.91 Å². The number of anilines is 1. The molecule has 0 aromatic heterocycles. The summed E-state index contributed by atoms with van der Waals surface area (Å²) in [6, 6.07) is 16.9. The van der Waals surface area contributed by atoms with Crippen molar-refractivity contribution >= 4 is 58.2 Å². The molecule has 0 unspecified atom stereocenters. The third-order valence-corrected chi connectivity index (χ3v) is 8.24. The van der Waals surface area contributed by atoms with E-state index < -0.39 is 0 Å². The molecular formula is C27H24Cl2N4O2S. The summed E-state index contributed by atoms with van der Waals surface area (Å²) < 4.78 is 0. The van der Waals surface area contributed by atoms with Crippen molar-refractivity contribution in [2.75, 3.05) is 31.1 Å². The van der Waals surface area contributed by atoms with E-state index >= 15 is 0 Å². The Kier molecular flexibility index (Phi) is 7.29. The highest BCUT2D eigenvalue weighted by molar-refractivity contribution is 8.06. The van der Waals surface area contributed by atoms with Crippen LogP contribution in [0.5, 0.6) is 0 Å². The van der Waals surface area contributed by atoms with Crippen molar-refractivity contribution in [2.45, 2.75) is 19.3 Å². The standard InChI is InChI=1S/C27H24Cl2N4O2S/c28-20-9-7-18(8-10-20)24-17-36-27(33(24)22-6-2-5-21(29)15-22)23(16-30)26(35)32-13-11-31(12-14-32)25(34)19-3-1-4-19/h2,5-10,15,17,19H,1,3-4,11-14H2/b27-23-. The van der Waals surface area contributed by atoms with Crippen LogP contribution in [0.25, 0.3) is 5.70 Å². The minimum atomic E-state index is -0.325. The maximum Gasteiger partial charge on any atom is 0.267 e. The number of nitrogens with zero attached hydrogens (tertiary/aromatic N) is 4. The van der Waals surface area contributed by atoms with Gasteiger partial charge in [-0.25, -0.2) is 0 Å². The Morgan fingerprint density at radius 2 is 1.64 bits per heavy atom. The van der Waals surface area contributed by atoms with Gasteiger partial charge in [-0.1, -0.05) is 59.6 Å². The zero-order chi connectivity index (χ0) is 25.2. The van der Waals surface area contributed by atoms with Crippen LogP contribution < -0.4 is 4.90 Å². The molecule has 2 aromatic carbocycles. The smallest absolute Gasteiger partial charge is 0.267 e. The van der Waals surface area contributed by atoms with Gasteiger partial charge in [0.2, 0.25) is 5.91 Å². The molecule has 2 aliphatic heterocycles. The van der Waals surface area contributed by atoms with Crippen molar-refractivity contribution in [1.29, 1.82) is 5.26 Å². The van der Waals surface area contributed by atoms with E-state index in [4.69, 9.17) is 23.2 Å². The van der Waals surface area contributed by atoms with Crippen LogP contribution in [-0.2, 0) is 9.59 Å². The highest BCUT2D eigenvalue weighted by Crippen LogP contribution is 2.45. The number of rotatable bonds is 4. The van der Waals surface area contributed by atoms with E-state index in [0.717, 1.165) is 36.2 Å². The first kappa shape index (κ1) is 24.8. The molecule has 1 aliphatic carbocycles. The predicted octanol–water partition coefficient (Wildman–Crippen LogP) is 5.75. The molecule has 0 atom stereocenters. The third-order valence-electron chi connectivity index (χ3n) is 6.81. The van der Waals surface area contributed by atoms with Crippen LogP contribution in [0.3, 0.4) is 0 Å². The zero-order valence-electron chi connectivity index (χ0n) is 19.5. The van der Waals surface area contributed by atoms with Crippen molar-refractivity contribution in [3.8, 4) is 6.07 Å². The highest BCUT2D eigenvalue weighted by atomic mass is 35.5. The molecule has 2 heterocycles. The van der Waals surface area contributed by atoms with Crippen molar-refractivity contribution in [1.82, 2.24) is 9.80 Å².